The summed E-state index contributed by atoms with van der Waals surface area (Å²) in [4.78, 5) is 0. The average molecular weight is 223 g/mol. The Bertz CT molecular complexity index is 278. The Morgan fingerprint density at radius 3 is 3.12 bits per heavy atom. The fourth-order valence-electron chi connectivity index (χ4n) is 2.35. The summed E-state index contributed by atoms with van der Waals surface area (Å²) < 4.78 is 10.7. The van der Waals surface area contributed by atoms with Gasteiger partial charge in [0, 0.05) is 25.6 Å². The first-order valence-electron chi connectivity index (χ1n) is 6.23. The van der Waals surface area contributed by atoms with E-state index < -0.39 is 0 Å². The number of rotatable bonds is 6. The molecular formula is C13H21NO2. The highest BCUT2D eigenvalue weighted by Gasteiger charge is 2.23. The summed E-state index contributed by atoms with van der Waals surface area (Å²) in [5.74, 6) is 1.76. The molecule has 1 aromatic rings. The van der Waals surface area contributed by atoms with Crippen molar-refractivity contribution < 1.29 is 9.15 Å². The van der Waals surface area contributed by atoms with E-state index in [-0.39, 0.29) is 0 Å². The average Bonchev–Trinajstić information content (AvgIpc) is 2.96. The third kappa shape index (κ3) is 3.09. The Labute approximate surface area is 97.2 Å². The van der Waals surface area contributed by atoms with E-state index in [9.17, 15) is 0 Å². The van der Waals surface area contributed by atoms with Gasteiger partial charge in [0.05, 0.1) is 12.9 Å². The van der Waals surface area contributed by atoms with Crippen LogP contribution in [0.15, 0.2) is 22.8 Å². The van der Waals surface area contributed by atoms with Gasteiger partial charge in [0.25, 0.3) is 0 Å². The second-order valence-corrected chi connectivity index (χ2v) is 4.42. The summed E-state index contributed by atoms with van der Waals surface area (Å²) in [6.45, 7) is 5.08. The molecule has 3 heteroatoms. The van der Waals surface area contributed by atoms with Crippen molar-refractivity contribution in [2.24, 2.45) is 5.92 Å². The molecule has 2 unspecified atom stereocenters. The molecule has 0 aliphatic carbocycles. The number of furan rings is 1. The van der Waals surface area contributed by atoms with E-state index in [0.29, 0.717) is 12.0 Å². The predicted octanol–water partition coefficient (Wildman–Crippen LogP) is 2.23. The third-order valence-electron chi connectivity index (χ3n) is 3.33. The molecule has 1 aliphatic heterocycles. The Kier molecular flexibility index (Phi) is 4.43. The van der Waals surface area contributed by atoms with Gasteiger partial charge in [-0.15, -0.1) is 0 Å². The predicted molar refractivity (Wildman–Crippen MR) is 63.4 cm³/mol. The lowest BCUT2D eigenvalue weighted by Crippen LogP contribution is -2.37. The molecule has 3 nitrogen and oxygen atoms in total. The molecule has 0 saturated carbocycles. The van der Waals surface area contributed by atoms with E-state index in [1.807, 2.05) is 12.1 Å². The Hall–Kier alpha value is -0.800. The number of ether oxygens (including phenoxy) is 1. The summed E-state index contributed by atoms with van der Waals surface area (Å²) in [5.41, 5.74) is 0. The third-order valence-corrected chi connectivity index (χ3v) is 3.33. The lowest BCUT2D eigenvalue weighted by Gasteiger charge is -2.22. The number of hydrogen-bond donors (Lipinski definition) is 1. The van der Waals surface area contributed by atoms with E-state index in [2.05, 4.69) is 12.2 Å². The minimum absolute atomic E-state index is 0.595. The molecule has 1 aliphatic rings. The lowest BCUT2D eigenvalue weighted by molar-refractivity contribution is 0.176. The van der Waals surface area contributed by atoms with Crippen LogP contribution in [0.2, 0.25) is 0 Å². The van der Waals surface area contributed by atoms with Crippen LogP contribution in [0, 0.1) is 5.92 Å². The maximum atomic E-state index is 5.43. The van der Waals surface area contributed by atoms with Gasteiger partial charge in [-0.1, -0.05) is 6.92 Å². The van der Waals surface area contributed by atoms with Crippen molar-refractivity contribution in [2.75, 3.05) is 19.8 Å². The van der Waals surface area contributed by atoms with Crippen molar-refractivity contribution in [3.05, 3.63) is 24.2 Å². The van der Waals surface area contributed by atoms with E-state index in [0.717, 1.165) is 31.9 Å². The van der Waals surface area contributed by atoms with Gasteiger partial charge in [0.1, 0.15) is 5.76 Å². The monoisotopic (exact) mass is 223 g/mol. The standard InChI is InChI=1S/C13H21NO2/c1-2-13(11-6-9-15-10-11)14-7-5-12-4-3-8-16-12/h3-4,8,11,13-14H,2,5-7,9-10H2,1H3. The molecule has 0 radical (unpaired) electrons. The van der Waals surface area contributed by atoms with E-state index in [1.165, 1.54) is 12.8 Å². The molecular weight excluding hydrogens is 202 g/mol. The highest BCUT2D eigenvalue weighted by molar-refractivity contribution is 4.98. The van der Waals surface area contributed by atoms with Gasteiger partial charge in [0.2, 0.25) is 0 Å². The van der Waals surface area contributed by atoms with Crippen LogP contribution in [-0.2, 0) is 11.2 Å². The van der Waals surface area contributed by atoms with Crippen LogP contribution in [-0.4, -0.2) is 25.8 Å². The number of nitrogens with one attached hydrogen (secondary N) is 1. The molecule has 1 N–H and O–H groups in total. The molecule has 0 spiro atoms. The molecule has 1 fully saturated rings. The van der Waals surface area contributed by atoms with E-state index >= 15 is 0 Å². The summed E-state index contributed by atoms with van der Waals surface area (Å²) >= 11 is 0. The number of hydrogen-bond acceptors (Lipinski definition) is 3. The van der Waals surface area contributed by atoms with Gasteiger partial charge < -0.3 is 14.5 Å². The molecule has 0 aromatic carbocycles. The van der Waals surface area contributed by atoms with Gasteiger partial charge in [-0.05, 0) is 30.9 Å². The molecule has 16 heavy (non-hydrogen) atoms. The van der Waals surface area contributed by atoms with Gasteiger partial charge in [-0.25, -0.2) is 0 Å². The quantitative estimate of drug-likeness (QED) is 0.803. The van der Waals surface area contributed by atoms with Crippen molar-refractivity contribution in [3.63, 3.8) is 0 Å². The fraction of sp³-hybridized carbons (Fsp3) is 0.692. The summed E-state index contributed by atoms with van der Waals surface area (Å²) in [6.07, 6.45) is 5.08. The largest absolute Gasteiger partial charge is 0.469 e. The Morgan fingerprint density at radius 1 is 1.56 bits per heavy atom. The van der Waals surface area contributed by atoms with Crippen LogP contribution in [0.3, 0.4) is 0 Å². The minimum atomic E-state index is 0.595. The lowest BCUT2D eigenvalue weighted by atomic mass is 9.97. The van der Waals surface area contributed by atoms with E-state index in [1.54, 1.807) is 6.26 Å². The van der Waals surface area contributed by atoms with Crippen LogP contribution in [0.25, 0.3) is 0 Å². The molecule has 0 amide bonds. The molecule has 1 saturated heterocycles. The first-order chi connectivity index (χ1) is 7.90. The van der Waals surface area contributed by atoms with Crippen molar-refractivity contribution in [2.45, 2.75) is 32.2 Å². The van der Waals surface area contributed by atoms with Gasteiger partial charge in [-0.3, -0.25) is 0 Å². The highest BCUT2D eigenvalue weighted by atomic mass is 16.5. The van der Waals surface area contributed by atoms with Gasteiger partial charge in [0.15, 0.2) is 0 Å². The zero-order valence-electron chi connectivity index (χ0n) is 9.95. The van der Waals surface area contributed by atoms with Crippen LogP contribution in [0.4, 0.5) is 0 Å². The molecule has 2 atom stereocenters. The maximum Gasteiger partial charge on any atom is 0.105 e. The second-order valence-electron chi connectivity index (χ2n) is 4.42. The highest BCUT2D eigenvalue weighted by Crippen LogP contribution is 2.18. The molecule has 2 heterocycles. The van der Waals surface area contributed by atoms with Gasteiger partial charge >= 0.3 is 0 Å². The first kappa shape index (κ1) is 11.7. The smallest absolute Gasteiger partial charge is 0.105 e. The molecule has 2 rings (SSSR count). The van der Waals surface area contributed by atoms with Crippen LogP contribution >= 0.6 is 0 Å². The van der Waals surface area contributed by atoms with Crippen LogP contribution in [0.5, 0.6) is 0 Å². The summed E-state index contributed by atoms with van der Waals surface area (Å²) in [5, 5.41) is 3.61. The normalized spacial score (nSPS) is 22.4. The summed E-state index contributed by atoms with van der Waals surface area (Å²) in [6, 6.07) is 4.57. The van der Waals surface area contributed by atoms with Crippen molar-refractivity contribution in [1.82, 2.24) is 5.32 Å². The van der Waals surface area contributed by atoms with Crippen molar-refractivity contribution in [3.8, 4) is 0 Å². The minimum Gasteiger partial charge on any atom is -0.469 e. The van der Waals surface area contributed by atoms with Crippen molar-refractivity contribution in [1.29, 1.82) is 0 Å². The Balaban J connectivity index is 1.70. The Morgan fingerprint density at radius 2 is 2.50 bits per heavy atom. The summed E-state index contributed by atoms with van der Waals surface area (Å²) in [7, 11) is 0. The van der Waals surface area contributed by atoms with Gasteiger partial charge in [-0.2, -0.15) is 0 Å². The molecule has 90 valence electrons. The zero-order chi connectivity index (χ0) is 11.2. The second kappa shape index (κ2) is 6.06. The van der Waals surface area contributed by atoms with Crippen molar-refractivity contribution >= 4 is 0 Å². The topological polar surface area (TPSA) is 34.4 Å². The van der Waals surface area contributed by atoms with Crippen LogP contribution in [0.1, 0.15) is 25.5 Å². The fourth-order valence-corrected chi connectivity index (χ4v) is 2.35. The van der Waals surface area contributed by atoms with E-state index in [4.69, 9.17) is 9.15 Å². The first-order valence-corrected chi connectivity index (χ1v) is 6.23. The maximum absolute atomic E-state index is 5.43. The zero-order valence-corrected chi connectivity index (χ0v) is 9.95. The molecule has 0 bridgehead atoms. The van der Waals surface area contributed by atoms with Crippen LogP contribution < -0.4 is 5.32 Å². The molecule has 1 aromatic heterocycles. The SMILES string of the molecule is CCC(NCCc1ccco1)C1CCOC1.